The Bertz CT molecular complexity index is 2860. The summed E-state index contributed by atoms with van der Waals surface area (Å²) in [6, 6.07) is 41.1. The first-order valence-electron chi connectivity index (χ1n) is 27.2. The molecule has 0 amide bonds. The molecule has 0 aromatic heterocycles. The van der Waals surface area contributed by atoms with Gasteiger partial charge in [-0.1, -0.05) is 0 Å². The van der Waals surface area contributed by atoms with Crippen LogP contribution in [0.4, 0.5) is 0 Å². The maximum atomic E-state index is 9.73. The fourth-order valence-corrected chi connectivity index (χ4v) is 40.9. The number of aryl methyl sites for hydroxylation is 2. The second-order valence-corrected chi connectivity index (χ2v) is 45.3. The summed E-state index contributed by atoms with van der Waals surface area (Å²) in [7, 11) is 18.5. The van der Waals surface area contributed by atoms with Gasteiger partial charge in [0.05, 0.1) is 0 Å². The molecule has 2 aliphatic carbocycles. The van der Waals surface area contributed by atoms with Gasteiger partial charge in [-0.05, 0) is 0 Å². The van der Waals surface area contributed by atoms with E-state index in [1.165, 1.54) is 114 Å². The van der Waals surface area contributed by atoms with Crippen molar-refractivity contribution in [2.24, 2.45) is 11.8 Å². The second-order valence-electron chi connectivity index (χ2n) is 22.9. The molecule has 4 unspecified atom stereocenters. The van der Waals surface area contributed by atoms with Crippen LogP contribution in [-0.4, -0.2) is 9.52 Å². The van der Waals surface area contributed by atoms with E-state index in [0.717, 1.165) is 25.7 Å². The van der Waals surface area contributed by atoms with Crippen molar-refractivity contribution in [2.45, 2.75) is 154 Å². The van der Waals surface area contributed by atoms with E-state index in [2.05, 4.69) is 212 Å². The SMILES string of the molecule is CCc1ccc2c(c1-c1cc(C(C)C)cc(C(C)C)c1)C=C(C(C)CC)[CH]2[Zr]([Cl])([Cl])([c]1cccc2c1[SiH2]c1ccccc1-2)[CH]1C(C(C)CC)=Cc2c1ccc(CC)c2-c1cc(C(C)C)cc(C(C)C)c1. The molecule has 6 aromatic carbocycles. The number of hydrogen-bond acceptors (Lipinski definition) is 0. The van der Waals surface area contributed by atoms with Crippen molar-refractivity contribution >= 4 is 52.3 Å². The minimum atomic E-state index is -5.86. The Hall–Kier alpha value is -3.52. The summed E-state index contributed by atoms with van der Waals surface area (Å²) < 4.78 is 1.06. The standard InChI is InChI=1S/2C27H35.C12H9Si.2ClH.Zr/c2*1-8-19(7)24-12-21-11-10-20(9-2)27(26(21)16-24)25-14-22(17(3)4)13-23(15-25)18(5)6;1-3-7-11-9(5-1)10-6-2-4-8-12(10)13-11;;;/h2*10-19H,8-9H2,1-7H3;1-7H,13H2;2*1H;/q;;;;;+2/p-2. The zero-order chi connectivity index (χ0) is 50.2. The first kappa shape index (κ1) is 51.4. The summed E-state index contributed by atoms with van der Waals surface area (Å²) in [5.74, 6) is 2.23. The van der Waals surface area contributed by atoms with Crippen molar-refractivity contribution in [1.29, 1.82) is 0 Å². The van der Waals surface area contributed by atoms with Crippen molar-refractivity contribution in [3.05, 3.63) is 170 Å². The van der Waals surface area contributed by atoms with Crippen LogP contribution < -0.4 is 13.6 Å². The number of fused-ring (bicyclic) bond motifs is 5. The minimum absolute atomic E-state index is 0.129. The fraction of sp³-hybridized carbons (Fsp3) is 0.394. The fourth-order valence-electron chi connectivity index (χ4n) is 12.9. The zero-order valence-corrected chi connectivity index (χ0v) is 50.3. The van der Waals surface area contributed by atoms with Gasteiger partial charge in [0, 0.05) is 0 Å². The summed E-state index contributed by atoms with van der Waals surface area (Å²) in [5, 5.41) is 2.99. The van der Waals surface area contributed by atoms with Crippen LogP contribution in [0.1, 0.15) is 196 Å². The maximum absolute atomic E-state index is 9.73. The van der Waals surface area contributed by atoms with Crippen LogP contribution in [0.15, 0.2) is 114 Å². The summed E-state index contributed by atoms with van der Waals surface area (Å²) >= 11 is -5.86. The molecular formula is C66H79Cl2SiZr. The van der Waals surface area contributed by atoms with Gasteiger partial charge in [-0.25, -0.2) is 0 Å². The van der Waals surface area contributed by atoms with Crippen LogP contribution in [0.3, 0.4) is 0 Å². The first-order chi connectivity index (χ1) is 33.4. The van der Waals surface area contributed by atoms with Crippen LogP contribution in [0.2, 0.25) is 0 Å². The van der Waals surface area contributed by atoms with E-state index in [4.69, 9.17) is 0 Å². The third-order valence-corrected chi connectivity index (χ3v) is 40.0. The quantitative estimate of drug-likeness (QED) is 0.0898. The van der Waals surface area contributed by atoms with E-state index < -0.39 is 25.9 Å². The van der Waals surface area contributed by atoms with Crippen LogP contribution in [0.5, 0.6) is 0 Å². The molecule has 4 heteroatoms. The van der Waals surface area contributed by atoms with Gasteiger partial charge in [-0.3, -0.25) is 0 Å². The molecule has 365 valence electrons. The van der Waals surface area contributed by atoms with Gasteiger partial charge in [-0.2, -0.15) is 0 Å². The third kappa shape index (κ3) is 8.44. The molecule has 3 aliphatic rings. The predicted octanol–water partition coefficient (Wildman–Crippen LogP) is 17.7. The Kier molecular flexibility index (Phi) is 14.5. The van der Waals surface area contributed by atoms with Gasteiger partial charge in [-0.15, -0.1) is 0 Å². The molecule has 9 rings (SSSR count). The molecule has 70 heavy (non-hydrogen) atoms. The van der Waals surface area contributed by atoms with E-state index in [9.17, 15) is 17.0 Å². The average Bonchev–Trinajstić information content (AvgIpc) is 4.08. The molecule has 0 bridgehead atoms. The van der Waals surface area contributed by atoms with Crippen molar-refractivity contribution in [3.8, 4) is 33.4 Å². The van der Waals surface area contributed by atoms with Crippen molar-refractivity contribution in [1.82, 2.24) is 0 Å². The van der Waals surface area contributed by atoms with Gasteiger partial charge < -0.3 is 0 Å². The Morgan fingerprint density at radius 2 is 0.900 bits per heavy atom. The molecule has 1 heterocycles. The number of rotatable bonds is 15. The van der Waals surface area contributed by atoms with Gasteiger partial charge in [0.1, 0.15) is 0 Å². The third-order valence-electron chi connectivity index (χ3n) is 17.4. The second kappa shape index (κ2) is 19.7. The molecule has 0 saturated heterocycles. The monoisotopic (exact) mass is 1060 g/mol. The Morgan fingerprint density at radius 1 is 0.486 bits per heavy atom. The Balaban J connectivity index is 1.42. The molecular weight excluding hydrogens is 983 g/mol. The van der Waals surface area contributed by atoms with Crippen molar-refractivity contribution in [3.63, 3.8) is 0 Å². The molecule has 0 spiro atoms. The van der Waals surface area contributed by atoms with Gasteiger partial charge >= 0.3 is 437 Å². The normalized spacial score (nSPS) is 18.0. The van der Waals surface area contributed by atoms with E-state index in [1.807, 2.05) is 0 Å². The van der Waals surface area contributed by atoms with Crippen molar-refractivity contribution < 1.29 is 16.4 Å². The van der Waals surface area contributed by atoms with E-state index in [0.29, 0.717) is 23.7 Å². The molecule has 0 fully saturated rings. The van der Waals surface area contributed by atoms with Gasteiger partial charge in [0.15, 0.2) is 0 Å². The molecule has 0 saturated carbocycles. The Labute approximate surface area is 433 Å². The van der Waals surface area contributed by atoms with Crippen LogP contribution in [-0.2, 0) is 29.2 Å². The molecule has 0 nitrogen and oxygen atoms in total. The first-order valence-corrected chi connectivity index (χ1v) is 39.0. The van der Waals surface area contributed by atoms with Gasteiger partial charge in [0.2, 0.25) is 0 Å². The van der Waals surface area contributed by atoms with Crippen molar-refractivity contribution in [2.75, 3.05) is 0 Å². The zero-order valence-electron chi connectivity index (χ0n) is 44.9. The predicted molar refractivity (Wildman–Crippen MR) is 310 cm³/mol. The topological polar surface area (TPSA) is 0 Å². The van der Waals surface area contributed by atoms with Crippen LogP contribution >= 0.6 is 17.0 Å². The summed E-state index contributed by atoms with van der Waals surface area (Å²) in [5.41, 5.74) is 24.8. The summed E-state index contributed by atoms with van der Waals surface area (Å²) in [4.78, 5) is 0. The van der Waals surface area contributed by atoms with E-state index in [-0.39, 0.29) is 19.1 Å². The Morgan fingerprint density at radius 3 is 1.30 bits per heavy atom. The molecule has 6 aromatic rings. The number of benzene rings is 6. The summed E-state index contributed by atoms with van der Waals surface area (Å²) in [6.07, 6.45) is 9.20. The van der Waals surface area contributed by atoms with Crippen LogP contribution in [0.25, 0.3) is 45.5 Å². The van der Waals surface area contributed by atoms with E-state index in [1.54, 1.807) is 0 Å². The molecule has 4 atom stereocenters. The molecule has 0 radical (unpaired) electrons. The molecule has 1 aliphatic heterocycles. The van der Waals surface area contributed by atoms with Gasteiger partial charge in [0.25, 0.3) is 0 Å². The molecule has 0 N–H and O–H groups in total. The average molecular weight is 1060 g/mol. The van der Waals surface area contributed by atoms with Crippen LogP contribution in [0, 0.1) is 11.8 Å². The number of allylic oxidation sites excluding steroid dienone is 2. The number of halogens is 2. The summed E-state index contributed by atoms with van der Waals surface area (Å²) in [6.45, 7) is 33.0. The number of hydrogen-bond donors (Lipinski definition) is 0. The van der Waals surface area contributed by atoms with E-state index >= 15 is 0 Å².